The third-order valence-corrected chi connectivity index (χ3v) is 3.64. The van der Waals surface area contributed by atoms with Gasteiger partial charge in [0.1, 0.15) is 0 Å². The molecule has 2 saturated carbocycles. The first-order valence-corrected chi connectivity index (χ1v) is 4.44. The maximum Gasteiger partial charge on any atom is 0.0644 e. The van der Waals surface area contributed by atoms with Gasteiger partial charge >= 0.3 is 0 Å². The van der Waals surface area contributed by atoms with Gasteiger partial charge in [-0.2, -0.15) is 0 Å². The summed E-state index contributed by atoms with van der Waals surface area (Å²) in [4.78, 5) is 4.64. The van der Waals surface area contributed by atoms with E-state index in [0.717, 1.165) is 11.8 Å². The molecule has 0 spiro atoms. The minimum absolute atomic E-state index is 0.503. The minimum atomic E-state index is 0.503. The van der Waals surface area contributed by atoms with Gasteiger partial charge in [0, 0.05) is 6.21 Å². The SMILES string of the molecule is C1=NC2(C3CCC3)CC1C2. The molecule has 54 valence electrons. The summed E-state index contributed by atoms with van der Waals surface area (Å²) in [5.74, 6) is 1.88. The standard InChI is InChI=1S/C9H13N/c1-2-8(3-1)9-4-7(5-9)6-10-9/h6-8H,1-5H2. The van der Waals surface area contributed by atoms with Crippen LogP contribution < -0.4 is 0 Å². The van der Waals surface area contributed by atoms with Crippen LogP contribution in [0.15, 0.2) is 4.99 Å². The minimum Gasteiger partial charge on any atom is -0.290 e. The van der Waals surface area contributed by atoms with E-state index in [-0.39, 0.29) is 0 Å². The number of hydrogen-bond donors (Lipinski definition) is 0. The lowest BCUT2D eigenvalue weighted by Crippen LogP contribution is -2.46. The molecule has 0 radical (unpaired) electrons. The van der Waals surface area contributed by atoms with Crippen molar-refractivity contribution in [1.82, 2.24) is 0 Å². The molecule has 10 heavy (non-hydrogen) atoms. The van der Waals surface area contributed by atoms with E-state index in [1.54, 1.807) is 0 Å². The molecule has 2 heterocycles. The Hall–Kier alpha value is -0.330. The van der Waals surface area contributed by atoms with Gasteiger partial charge in [0.15, 0.2) is 0 Å². The van der Waals surface area contributed by atoms with E-state index < -0.39 is 0 Å². The molecule has 0 N–H and O–H groups in total. The van der Waals surface area contributed by atoms with Crippen molar-refractivity contribution in [2.45, 2.75) is 37.6 Å². The highest BCUT2D eigenvalue weighted by atomic mass is 15.0. The molecule has 0 aromatic rings. The third-order valence-electron chi connectivity index (χ3n) is 3.64. The van der Waals surface area contributed by atoms with Gasteiger partial charge in [-0.3, -0.25) is 4.99 Å². The average molecular weight is 135 g/mol. The maximum atomic E-state index is 4.64. The highest BCUT2D eigenvalue weighted by Gasteiger charge is 2.53. The predicted molar refractivity (Wildman–Crippen MR) is 41.3 cm³/mol. The number of aliphatic imine (C=N–C) groups is 1. The van der Waals surface area contributed by atoms with Gasteiger partial charge in [0.25, 0.3) is 0 Å². The van der Waals surface area contributed by atoms with Crippen LogP contribution in [0.2, 0.25) is 0 Å². The van der Waals surface area contributed by atoms with Crippen LogP contribution in [0.3, 0.4) is 0 Å². The van der Waals surface area contributed by atoms with Crippen LogP contribution in [-0.4, -0.2) is 11.8 Å². The average Bonchev–Trinajstić information content (AvgIpc) is 2.13. The summed E-state index contributed by atoms with van der Waals surface area (Å²) in [6, 6.07) is 0. The molecule has 2 aliphatic heterocycles. The summed E-state index contributed by atoms with van der Waals surface area (Å²) in [6.07, 6.45) is 9.40. The van der Waals surface area contributed by atoms with E-state index >= 15 is 0 Å². The van der Waals surface area contributed by atoms with Crippen LogP contribution in [0.25, 0.3) is 0 Å². The summed E-state index contributed by atoms with van der Waals surface area (Å²) in [6.45, 7) is 0. The zero-order chi connectivity index (χ0) is 6.60. The number of hydrogen-bond acceptors (Lipinski definition) is 1. The zero-order valence-electron chi connectivity index (χ0n) is 6.21. The van der Waals surface area contributed by atoms with Crippen LogP contribution in [0.4, 0.5) is 0 Å². The Kier molecular flexibility index (Phi) is 0.781. The van der Waals surface area contributed by atoms with Crippen LogP contribution in [0.5, 0.6) is 0 Å². The summed E-state index contributed by atoms with van der Waals surface area (Å²) >= 11 is 0. The fourth-order valence-corrected chi connectivity index (χ4v) is 2.70. The zero-order valence-corrected chi connectivity index (χ0v) is 6.21. The van der Waals surface area contributed by atoms with Gasteiger partial charge in [-0.1, -0.05) is 6.42 Å². The first-order chi connectivity index (χ1) is 4.89. The lowest BCUT2D eigenvalue weighted by atomic mass is 9.59. The molecule has 0 saturated heterocycles. The largest absolute Gasteiger partial charge is 0.290 e. The number of nitrogens with zero attached hydrogens (tertiary/aromatic N) is 1. The van der Waals surface area contributed by atoms with Gasteiger partial charge in [-0.05, 0) is 37.5 Å². The normalized spacial score (nSPS) is 50.6. The predicted octanol–water partition coefficient (Wildman–Crippen LogP) is 2.02. The van der Waals surface area contributed by atoms with Crippen molar-refractivity contribution in [1.29, 1.82) is 0 Å². The Balaban J connectivity index is 1.85. The van der Waals surface area contributed by atoms with E-state index in [4.69, 9.17) is 0 Å². The van der Waals surface area contributed by atoms with E-state index in [1.165, 1.54) is 32.1 Å². The fraction of sp³-hybridized carbons (Fsp3) is 0.889. The maximum absolute atomic E-state index is 4.64. The molecule has 2 bridgehead atoms. The second kappa shape index (κ2) is 1.46. The molecule has 1 nitrogen and oxygen atoms in total. The van der Waals surface area contributed by atoms with Gasteiger partial charge in [0.2, 0.25) is 0 Å². The first-order valence-electron chi connectivity index (χ1n) is 4.44. The van der Waals surface area contributed by atoms with Crippen LogP contribution in [0, 0.1) is 11.8 Å². The molecule has 0 atom stereocenters. The molecular weight excluding hydrogens is 122 g/mol. The summed E-state index contributed by atoms with van der Waals surface area (Å²) in [5.41, 5.74) is 0.503. The van der Waals surface area contributed by atoms with Crippen molar-refractivity contribution < 1.29 is 0 Å². The quantitative estimate of drug-likeness (QED) is 0.521. The smallest absolute Gasteiger partial charge is 0.0644 e. The van der Waals surface area contributed by atoms with E-state index in [2.05, 4.69) is 11.2 Å². The van der Waals surface area contributed by atoms with Crippen LogP contribution in [-0.2, 0) is 0 Å². The monoisotopic (exact) mass is 135 g/mol. The van der Waals surface area contributed by atoms with Crippen molar-refractivity contribution in [2.24, 2.45) is 16.8 Å². The van der Waals surface area contributed by atoms with Crippen LogP contribution >= 0.6 is 0 Å². The summed E-state index contributed by atoms with van der Waals surface area (Å²) in [7, 11) is 0. The lowest BCUT2D eigenvalue weighted by Gasteiger charge is -2.47. The highest BCUT2D eigenvalue weighted by molar-refractivity contribution is 5.69. The molecule has 2 aliphatic carbocycles. The van der Waals surface area contributed by atoms with Crippen molar-refractivity contribution in [3.8, 4) is 0 Å². The number of rotatable bonds is 1. The molecule has 1 heteroatoms. The third kappa shape index (κ3) is 0.446. The second-order valence-electron chi connectivity index (χ2n) is 4.18. The molecule has 0 unspecified atom stereocenters. The molecule has 4 aliphatic rings. The molecule has 0 aromatic heterocycles. The molecular formula is C9H13N. The Morgan fingerprint density at radius 2 is 2.10 bits per heavy atom. The Morgan fingerprint density at radius 3 is 2.50 bits per heavy atom. The second-order valence-corrected chi connectivity index (χ2v) is 4.18. The molecule has 4 rings (SSSR count). The molecule has 2 fully saturated rings. The Bertz CT molecular complexity index is 185. The van der Waals surface area contributed by atoms with Gasteiger partial charge < -0.3 is 0 Å². The van der Waals surface area contributed by atoms with Crippen molar-refractivity contribution in [3.63, 3.8) is 0 Å². The Morgan fingerprint density at radius 1 is 1.30 bits per heavy atom. The molecule has 0 aromatic carbocycles. The van der Waals surface area contributed by atoms with Gasteiger partial charge in [-0.25, -0.2) is 0 Å². The van der Waals surface area contributed by atoms with Crippen molar-refractivity contribution >= 4 is 6.21 Å². The van der Waals surface area contributed by atoms with Crippen molar-refractivity contribution in [2.75, 3.05) is 0 Å². The Labute approximate surface area is 61.5 Å². The lowest BCUT2D eigenvalue weighted by molar-refractivity contribution is 0.0892. The van der Waals surface area contributed by atoms with Crippen LogP contribution in [0.1, 0.15) is 32.1 Å². The van der Waals surface area contributed by atoms with Gasteiger partial charge in [0.05, 0.1) is 5.54 Å². The topological polar surface area (TPSA) is 12.4 Å². The van der Waals surface area contributed by atoms with E-state index in [1.807, 2.05) is 0 Å². The molecule has 0 amide bonds. The summed E-state index contributed by atoms with van der Waals surface area (Å²) < 4.78 is 0. The van der Waals surface area contributed by atoms with Crippen molar-refractivity contribution in [3.05, 3.63) is 0 Å². The van der Waals surface area contributed by atoms with Gasteiger partial charge in [-0.15, -0.1) is 0 Å². The van der Waals surface area contributed by atoms with E-state index in [9.17, 15) is 0 Å². The summed E-state index contributed by atoms with van der Waals surface area (Å²) in [5, 5.41) is 0. The highest BCUT2D eigenvalue weighted by Crippen LogP contribution is 2.55. The first kappa shape index (κ1) is 5.34. The van der Waals surface area contributed by atoms with E-state index in [0.29, 0.717) is 5.54 Å². The fourth-order valence-electron chi connectivity index (χ4n) is 2.70.